The molecule has 2 aromatic carbocycles. The zero-order chi connectivity index (χ0) is 15.2. The number of hydrogen-bond donors (Lipinski definition) is 0. The summed E-state index contributed by atoms with van der Waals surface area (Å²) in [7, 11) is 5.00. The monoisotopic (exact) mass is 286 g/mol. The zero-order valence-electron chi connectivity index (χ0n) is 13.1. The highest BCUT2D eigenvalue weighted by Crippen LogP contribution is 2.36. The Labute approximate surface area is 126 Å². The van der Waals surface area contributed by atoms with Crippen LogP contribution >= 0.6 is 0 Å². The largest absolute Gasteiger partial charge is 0.497 e. The van der Waals surface area contributed by atoms with E-state index in [0.29, 0.717) is 0 Å². The standard InChI is InChI=1S/C18H22O3/c1-5-6-14-11-17(20-3)18(21-4)12-16(14)13-7-9-15(19-2)10-8-13/h7-12H,5-6H2,1-4H3. The normalized spacial score (nSPS) is 10.3. The van der Waals surface area contributed by atoms with Gasteiger partial charge in [0.05, 0.1) is 21.3 Å². The maximum absolute atomic E-state index is 5.43. The molecule has 0 atom stereocenters. The molecule has 0 heterocycles. The van der Waals surface area contributed by atoms with Gasteiger partial charge in [-0.1, -0.05) is 25.5 Å². The first-order valence-electron chi connectivity index (χ1n) is 7.12. The number of benzene rings is 2. The van der Waals surface area contributed by atoms with Crippen LogP contribution in [0.5, 0.6) is 17.2 Å². The molecule has 3 heteroatoms. The van der Waals surface area contributed by atoms with Gasteiger partial charge in [0, 0.05) is 0 Å². The summed E-state index contributed by atoms with van der Waals surface area (Å²) in [5, 5.41) is 0. The Morgan fingerprint density at radius 2 is 1.43 bits per heavy atom. The van der Waals surface area contributed by atoms with Gasteiger partial charge in [-0.15, -0.1) is 0 Å². The van der Waals surface area contributed by atoms with Gasteiger partial charge in [-0.2, -0.15) is 0 Å². The highest BCUT2D eigenvalue weighted by Gasteiger charge is 2.12. The molecule has 3 nitrogen and oxygen atoms in total. The summed E-state index contributed by atoms with van der Waals surface area (Å²) >= 11 is 0. The minimum atomic E-state index is 0.753. The Morgan fingerprint density at radius 1 is 0.810 bits per heavy atom. The van der Waals surface area contributed by atoms with Crippen molar-refractivity contribution in [3.63, 3.8) is 0 Å². The van der Waals surface area contributed by atoms with Gasteiger partial charge in [0.2, 0.25) is 0 Å². The van der Waals surface area contributed by atoms with Crippen LogP contribution in [-0.4, -0.2) is 21.3 Å². The van der Waals surface area contributed by atoms with E-state index in [2.05, 4.69) is 25.1 Å². The minimum absolute atomic E-state index is 0.753. The van der Waals surface area contributed by atoms with Crippen LogP contribution in [0.1, 0.15) is 18.9 Å². The molecule has 0 fully saturated rings. The van der Waals surface area contributed by atoms with Crippen molar-refractivity contribution in [2.75, 3.05) is 21.3 Å². The fourth-order valence-electron chi connectivity index (χ4n) is 2.44. The van der Waals surface area contributed by atoms with Crippen molar-refractivity contribution < 1.29 is 14.2 Å². The molecule has 0 bridgehead atoms. The Bertz CT molecular complexity index is 588. The summed E-state index contributed by atoms with van der Waals surface area (Å²) in [6, 6.07) is 12.2. The molecular weight excluding hydrogens is 264 g/mol. The highest BCUT2D eigenvalue weighted by atomic mass is 16.5. The van der Waals surface area contributed by atoms with E-state index >= 15 is 0 Å². The lowest BCUT2D eigenvalue weighted by Gasteiger charge is -2.15. The van der Waals surface area contributed by atoms with Crippen LogP contribution in [-0.2, 0) is 6.42 Å². The lowest BCUT2D eigenvalue weighted by atomic mass is 9.96. The smallest absolute Gasteiger partial charge is 0.161 e. The van der Waals surface area contributed by atoms with Crippen LogP contribution in [0.4, 0.5) is 0 Å². The van der Waals surface area contributed by atoms with Gasteiger partial charge >= 0.3 is 0 Å². The van der Waals surface area contributed by atoms with Crippen molar-refractivity contribution in [3.8, 4) is 28.4 Å². The minimum Gasteiger partial charge on any atom is -0.497 e. The maximum atomic E-state index is 5.43. The van der Waals surface area contributed by atoms with Crippen molar-refractivity contribution >= 4 is 0 Å². The fourth-order valence-corrected chi connectivity index (χ4v) is 2.44. The maximum Gasteiger partial charge on any atom is 0.161 e. The van der Waals surface area contributed by atoms with Gasteiger partial charge in [-0.3, -0.25) is 0 Å². The molecule has 2 rings (SSSR count). The summed E-state index contributed by atoms with van der Waals surface area (Å²) in [5.41, 5.74) is 3.60. The van der Waals surface area contributed by atoms with E-state index in [1.807, 2.05) is 18.2 Å². The van der Waals surface area contributed by atoms with Gasteiger partial charge in [0.15, 0.2) is 11.5 Å². The van der Waals surface area contributed by atoms with E-state index in [-0.39, 0.29) is 0 Å². The summed E-state index contributed by atoms with van der Waals surface area (Å²) in [6.07, 6.45) is 2.08. The Kier molecular flexibility index (Phi) is 5.09. The average Bonchev–Trinajstić information content (AvgIpc) is 2.54. The Balaban J connectivity index is 2.52. The summed E-state index contributed by atoms with van der Waals surface area (Å²) in [6.45, 7) is 2.18. The molecule has 21 heavy (non-hydrogen) atoms. The van der Waals surface area contributed by atoms with E-state index in [4.69, 9.17) is 14.2 Å². The van der Waals surface area contributed by atoms with Crippen molar-refractivity contribution in [2.45, 2.75) is 19.8 Å². The van der Waals surface area contributed by atoms with Crippen LogP contribution in [0.25, 0.3) is 11.1 Å². The molecule has 0 unspecified atom stereocenters. The molecule has 0 amide bonds. The number of methoxy groups -OCH3 is 3. The van der Waals surface area contributed by atoms with Crippen LogP contribution in [0, 0.1) is 0 Å². The molecule has 0 aliphatic heterocycles. The molecule has 0 radical (unpaired) electrons. The lowest BCUT2D eigenvalue weighted by molar-refractivity contribution is 0.354. The van der Waals surface area contributed by atoms with E-state index in [1.54, 1.807) is 21.3 Å². The van der Waals surface area contributed by atoms with Gasteiger partial charge < -0.3 is 14.2 Å². The average molecular weight is 286 g/mol. The lowest BCUT2D eigenvalue weighted by Crippen LogP contribution is -1.96. The van der Waals surface area contributed by atoms with Crippen molar-refractivity contribution in [1.82, 2.24) is 0 Å². The predicted octanol–water partition coefficient (Wildman–Crippen LogP) is 4.33. The summed E-state index contributed by atoms with van der Waals surface area (Å²) in [4.78, 5) is 0. The first-order valence-corrected chi connectivity index (χ1v) is 7.12. The van der Waals surface area contributed by atoms with E-state index in [0.717, 1.165) is 35.7 Å². The van der Waals surface area contributed by atoms with Crippen molar-refractivity contribution in [2.24, 2.45) is 0 Å². The van der Waals surface area contributed by atoms with Crippen molar-refractivity contribution in [1.29, 1.82) is 0 Å². The van der Waals surface area contributed by atoms with E-state index < -0.39 is 0 Å². The molecule has 0 N–H and O–H groups in total. The van der Waals surface area contributed by atoms with E-state index in [1.165, 1.54) is 11.1 Å². The fraction of sp³-hybridized carbons (Fsp3) is 0.333. The summed E-state index contributed by atoms with van der Waals surface area (Å²) < 4.78 is 16.1. The predicted molar refractivity (Wildman–Crippen MR) is 85.5 cm³/mol. The SMILES string of the molecule is CCCc1cc(OC)c(OC)cc1-c1ccc(OC)cc1. The third kappa shape index (κ3) is 3.30. The van der Waals surface area contributed by atoms with Gasteiger partial charge in [-0.25, -0.2) is 0 Å². The molecule has 0 aliphatic carbocycles. The topological polar surface area (TPSA) is 27.7 Å². The first-order chi connectivity index (χ1) is 10.2. The van der Waals surface area contributed by atoms with Gasteiger partial charge in [-0.05, 0) is 47.4 Å². The number of hydrogen-bond acceptors (Lipinski definition) is 3. The molecule has 0 aliphatic rings. The second-order valence-corrected chi connectivity index (χ2v) is 4.84. The Morgan fingerprint density at radius 3 is 1.95 bits per heavy atom. The first kappa shape index (κ1) is 15.2. The quantitative estimate of drug-likeness (QED) is 0.791. The molecule has 0 spiro atoms. The molecule has 0 saturated carbocycles. The molecular formula is C18H22O3. The molecule has 2 aromatic rings. The number of aryl methyl sites for hydroxylation is 1. The molecule has 112 valence electrons. The summed E-state index contributed by atoms with van der Waals surface area (Å²) in [5.74, 6) is 2.39. The number of ether oxygens (including phenoxy) is 3. The van der Waals surface area contributed by atoms with Crippen LogP contribution in [0.2, 0.25) is 0 Å². The van der Waals surface area contributed by atoms with Crippen LogP contribution in [0.15, 0.2) is 36.4 Å². The third-order valence-electron chi connectivity index (χ3n) is 3.53. The highest BCUT2D eigenvalue weighted by molar-refractivity contribution is 5.71. The third-order valence-corrected chi connectivity index (χ3v) is 3.53. The number of rotatable bonds is 6. The van der Waals surface area contributed by atoms with Crippen LogP contribution in [0.3, 0.4) is 0 Å². The molecule has 0 aromatic heterocycles. The van der Waals surface area contributed by atoms with Crippen LogP contribution < -0.4 is 14.2 Å². The Hall–Kier alpha value is -2.16. The van der Waals surface area contributed by atoms with Crippen molar-refractivity contribution in [3.05, 3.63) is 42.0 Å². The second-order valence-electron chi connectivity index (χ2n) is 4.84. The zero-order valence-corrected chi connectivity index (χ0v) is 13.1. The van der Waals surface area contributed by atoms with Gasteiger partial charge in [0.1, 0.15) is 5.75 Å². The van der Waals surface area contributed by atoms with Gasteiger partial charge in [0.25, 0.3) is 0 Å². The second kappa shape index (κ2) is 7.02. The van der Waals surface area contributed by atoms with E-state index in [9.17, 15) is 0 Å². The molecule has 0 saturated heterocycles.